The molecule has 3 aliphatic rings. The number of aryl methyl sites for hydroxylation is 1. The molecule has 6 rings (SSSR count). The molecule has 0 aliphatic carbocycles. The fraction of sp³-hybridized carbons (Fsp3) is 0.676. The van der Waals surface area contributed by atoms with E-state index in [4.69, 9.17) is 0 Å². The van der Waals surface area contributed by atoms with Gasteiger partial charge in [0.15, 0.2) is 0 Å². The van der Waals surface area contributed by atoms with Gasteiger partial charge in [-0.15, -0.1) is 11.3 Å². The lowest BCUT2D eigenvalue weighted by atomic mass is 9.77. The van der Waals surface area contributed by atoms with E-state index in [1.807, 2.05) is 16.2 Å². The van der Waals surface area contributed by atoms with Gasteiger partial charge < -0.3 is 9.80 Å². The Labute approximate surface area is 307 Å². The van der Waals surface area contributed by atoms with E-state index in [1.165, 1.54) is 82.7 Å². The zero-order chi connectivity index (χ0) is 36.6. The second-order valence-corrected chi connectivity index (χ2v) is 20.1. The molecule has 0 bridgehead atoms. The van der Waals surface area contributed by atoms with Crippen molar-refractivity contribution in [3.05, 3.63) is 58.3 Å². The van der Waals surface area contributed by atoms with Crippen LogP contribution in [0.3, 0.4) is 0 Å². The van der Waals surface area contributed by atoms with Crippen LogP contribution in [0.25, 0.3) is 0 Å². The summed E-state index contributed by atoms with van der Waals surface area (Å²) in [5, 5.41) is 2.19. The molecule has 3 aliphatic heterocycles. The summed E-state index contributed by atoms with van der Waals surface area (Å²) in [5.41, 5.74) is 1.82. The highest BCUT2D eigenvalue weighted by Gasteiger charge is 2.41. The number of rotatable bonds is 13. The van der Waals surface area contributed by atoms with Crippen molar-refractivity contribution in [1.29, 1.82) is 0 Å². The van der Waals surface area contributed by atoms with E-state index in [1.54, 1.807) is 0 Å². The van der Waals surface area contributed by atoms with Crippen LogP contribution in [0.5, 0.6) is 0 Å². The molecule has 17 heteroatoms. The Kier molecular flexibility index (Phi) is 11.5. The molecule has 1 amide bonds. The Morgan fingerprint density at radius 3 is 1.88 bits per heavy atom. The number of imidazole rings is 2. The average molecular weight is 764 g/mol. The van der Waals surface area contributed by atoms with Crippen molar-refractivity contribution in [2.45, 2.75) is 58.4 Å². The Morgan fingerprint density at radius 1 is 0.863 bits per heavy atom. The van der Waals surface area contributed by atoms with Gasteiger partial charge in [0, 0.05) is 103 Å². The highest BCUT2D eigenvalue weighted by Crippen LogP contribution is 2.41. The van der Waals surface area contributed by atoms with E-state index < -0.39 is 26.3 Å². The van der Waals surface area contributed by atoms with Gasteiger partial charge >= 0.3 is 20.4 Å². The van der Waals surface area contributed by atoms with Gasteiger partial charge in [-0.1, -0.05) is 0 Å². The molecule has 0 radical (unpaired) electrons. The first kappa shape index (κ1) is 38.1. The maximum absolute atomic E-state index is 14.3. The molecule has 1 spiro atoms. The molecule has 0 saturated carbocycles. The van der Waals surface area contributed by atoms with Crippen LogP contribution in [-0.4, -0.2) is 138 Å². The number of aromatic nitrogens is 4. The first-order chi connectivity index (χ1) is 24.2. The maximum atomic E-state index is 14.3. The van der Waals surface area contributed by atoms with E-state index in [-0.39, 0.29) is 30.4 Å². The number of piperidine rings is 2. The molecule has 3 aromatic heterocycles. The van der Waals surface area contributed by atoms with Crippen molar-refractivity contribution in [1.82, 2.24) is 41.2 Å². The van der Waals surface area contributed by atoms with E-state index in [2.05, 4.69) is 38.1 Å². The minimum absolute atomic E-state index is 0.00786. The predicted octanol–water partition coefficient (Wildman–Crippen LogP) is 2.39. The summed E-state index contributed by atoms with van der Waals surface area (Å²) in [5.74, 6) is -0.00187. The Bertz CT molecular complexity index is 1790. The van der Waals surface area contributed by atoms with E-state index in [0.29, 0.717) is 24.4 Å². The molecule has 51 heavy (non-hydrogen) atoms. The molecular formula is C34H53N9O5S3. The van der Waals surface area contributed by atoms with Gasteiger partial charge in [-0.05, 0) is 87.0 Å². The van der Waals surface area contributed by atoms with Gasteiger partial charge in [0.25, 0.3) is 0 Å². The SMILES string of the molecule is Cc1ccsc1CN1CCC2(CC1)CCN(CC1CCN(C(=O)C(Cc3nccn3S(=O)(=O)N(C)C)Cc3nccn3S(=O)(=O)N(C)C)CC1)C2. The number of carbonyl (C=O) groups is 1. The number of thiophene rings is 1. The summed E-state index contributed by atoms with van der Waals surface area (Å²) in [6, 6.07) is 2.22. The van der Waals surface area contributed by atoms with Gasteiger partial charge in [0.1, 0.15) is 11.6 Å². The molecule has 3 saturated heterocycles. The van der Waals surface area contributed by atoms with Crippen molar-refractivity contribution in [3.63, 3.8) is 0 Å². The molecule has 3 fully saturated rings. The fourth-order valence-corrected chi connectivity index (χ4v) is 10.7. The number of hydrogen-bond donors (Lipinski definition) is 0. The summed E-state index contributed by atoms with van der Waals surface area (Å²) in [6.07, 6.45) is 11.1. The minimum atomic E-state index is -3.88. The normalized spacial score (nSPS) is 19.7. The molecule has 0 aromatic carbocycles. The van der Waals surface area contributed by atoms with Crippen LogP contribution < -0.4 is 0 Å². The number of hydrogen-bond acceptors (Lipinski definition) is 10. The fourth-order valence-electron chi connectivity index (χ4n) is 7.90. The van der Waals surface area contributed by atoms with Gasteiger partial charge in [-0.2, -0.15) is 25.4 Å². The predicted molar refractivity (Wildman–Crippen MR) is 198 cm³/mol. The highest BCUT2D eigenvalue weighted by molar-refractivity contribution is 7.87. The summed E-state index contributed by atoms with van der Waals surface area (Å²) in [6.45, 7) is 10.1. The lowest BCUT2D eigenvalue weighted by Gasteiger charge is -2.40. The van der Waals surface area contributed by atoms with Gasteiger partial charge in [-0.25, -0.2) is 17.9 Å². The third-order valence-electron chi connectivity index (χ3n) is 11.2. The molecule has 3 aromatic rings. The van der Waals surface area contributed by atoms with Crippen LogP contribution in [0, 0.1) is 24.2 Å². The van der Waals surface area contributed by atoms with Crippen molar-refractivity contribution < 1.29 is 21.6 Å². The minimum Gasteiger partial charge on any atom is -0.342 e. The monoisotopic (exact) mass is 763 g/mol. The van der Waals surface area contributed by atoms with Crippen molar-refractivity contribution >= 4 is 37.7 Å². The van der Waals surface area contributed by atoms with Crippen molar-refractivity contribution in [3.8, 4) is 0 Å². The zero-order valence-corrected chi connectivity index (χ0v) is 33.0. The van der Waals surface area contributed by atoms with Crippen LogP contribution in [0.4, 0.5) is 0 Å². The summed E-state index contributed by atoms with van der Waals surface area (Å²) < 4.78 is 56.6. The molecule has 0 N–H and O–H groups in total. The molecular weight excluding hydrogens is 711 g/mol. The number of amides is 1. The summed E-state index contributed by atoms with van der Waals surface area (Å²) in [7, 11) is -2.00. The Balaban J connectivity index is 1.08. The van der Waals surface area contributed by atoms with Crippen LogP contribution in [0.2, 0.25) is 0 Å². The second-order valence-electron chi connectivity index (χ2n) is 15.0. The van der Waals surface area contributed by atoms with Crippen LogP contribution in [0.1, 0.15) is 54.2 Å². The molecule has 282 valence electrons. The Hall–Kier alpha value is -2.67. The number of likely N-dealkylation sites (tertiary alicyclic amines) is 3. The average Bonchev–Trinajstić information content (AvgIpc) is 3.91. The van der Waals surface area contributed by atoms with Crippen molar-refractivity contribution in [2.75, 3.05) is 74.0 Å². The molecule has 14 nitrogen and oxygen atoms in total. The molecule has 6 heterocycles. The third-order valence-corrected chi connectivity index (χ3v) is 15.7. The van der Waals surface area contributed by atoms with E-state index >= 15 is 0 Å². The zero-order valence-electron chi connectivity index (χ0n) is 30.5. The van der Waals surface area contributed by atoms with Gasteiger partial charge in [-0.3, -0.25) is 9.69 Å². The topological polar surface area (TPSA) is 137 Å². The smallest absolute Gasteiger partial charge is 0.308 e. The Morgan fingerprint density at radius 2 is 1.39 bits per heavy atom. The largest absolute Gasteiger partial charge is 0.342 e. The first-order valence-electron chi connectivity index (χ1n) is 17.9. The van der Waals surface area contributed by atoms with Crippen LogP contribution >= 0.6 is 11.3 Å². The van der Waals surface area contributed by atoms with Crippen LogP contribution in [-0.2, 0) is 44.6 Å². The lowest BCUT2D eigenvalue weighted by molar-refractivity contribution is -0.137. The standard InChI is InChI=1S/C34H53N9O5S3/c1-27-8-21-49-30(27)25-39-16-9-34(10-17-39)11-18-40(26-34)24-28-6-14-41(15-7-28)33(44)29(22-31-35-12-19-42(31)50(45,46)37(2)3)23-32-36-13-20-43(32)51(47,48)38(4)5/h8,12-13,19-21,28-29H,6-7,9-11,14-18,22-26H2,1-5H3. The van der Waals surface area contributed by atoms with Crippen LogP contribution in [0.15, 0.2) is 36.2 Å². The van der Waals surface area contributed by atoms with Gasteiger partial charge in [0.05, 0.1) is 5.92 Å². The highest BCUT2D eigenvalue weighted by atomic mass is 32.2. The third kappa shape index (κ3) is 8.29. The maximum Gasteiger partial charge on any atom is 0.308 e. The number of carbonyl (C=O) groups excluding carboxylic acids is 1. The second kappa shape index (κ2) is 15.4. The number of nitrogens with zero attached hydrogens (tertiary/aromatic N) is 9. The van der Waals surface area contributed by atoms with Gasteiger partial charge in [0.2, 0.25) is 5.91 Å². The summed E-state index contributed by atoms with van der Waals surface area (Å²) in [4.78, 5) is 31.5. The van der Waals surface area contributed by atoms with Crippen molar-refractivity contribution in [2.24, 2.45) is 17.3 Å². The quantitative estimate of drug-likeness (QED) is 0.257. The lowest BCUT2D eigenvalue weighted by Crippen LogP contribution is -2.45. The molecule has 0 unspecified atom stereocenters. The van der Waals surface area contributed by atoms with E-state index in [0.717, 1.165) is 68.7 Å². The molecule has 0 atom stereocenters. The summed E-state index contributed by atoms with van der Waals surface area (Å²) >= 11 is 1.87. The van der Waals surface area contributed by atoms with E-state index in [9.17, 15) is 21.6 Å². The first-order valence-corrected chi connectivity index (χ1v) is 21.5.